The van der Waals surface area contributed by atoms with E-state index in [1.807, 2.05) is 0 Å². The fourth-order valence-electron chi connectivity index (χ4n) is 4.04. The van der Waals surface area contributed by atoms with E-state index in [0.717, 1.165) is 4.70 Å². The second-order valence-corrected chi connectivity index (χ2v) is 11.1. The van der Waals surface area contributed by atoms with Gasteiger partial charge in [-0.15, -0.1) is 0 Å². The van der Waals surface area contributed by atoms with Crippen LogP contribution in [0.1, 0.15) is 16.1 Å². The fraction of sp³-hybridized carbons (Fsp3) is 0.280. The Morgan fingerprint density at radius 2 is 1.76 bits per heavy atom. The first-order chi connectivity index (χ1) is 17.9. The van der Waals surface area contributed by atoms with Gasteiger partial charge in [0.2, 0.25) is 10.0 Å². The number of amides is 1. The first-order valence-electron chi connectivity index (χ1n) is 11.5. The molecule has 5 rings (SSSR count). The molecule has 194 valence electrons. The van der Waals surface area contributed by atoms with Gasteiger partial charge in [-0.2, -0.15) is 4.31 Å². The van der Waals surface area contributed by atoms with E-state index in [2.05, 4.69) is 0 Å². The van der Waals surface area contributed by atoms with Crippen molar-refractivity contribution < 1.29 is 31.8 Å². The van der Waals surface area contributed by atoms with E-state index in [1.54, 1.807) is 38.5 Å². The first-order valence-corrected chi connectivity index (χ1v) is 13.7. The maximum atomic E-state index is 13.7. The Labute approximate surface area is 218 Å². The lowest BCUT2D eigenvalue weighted by Gasteiger charge is -2.26. The molecule has 1 aliphatic rings. The molecule has 0 unspecified atom stereocenters. The van der Waals surface area contributed by atoms with Crippen molar-refractivity contribution in [1.29, 1.82) is 0 Å². The summed E-state index contributed by atoms with van der Waals surface area (Å²) in [5.41, 5.74) is 0.886. The molecule has 1 saturated heterocycles. The lowest BCUT2D eigenvalue weighted by Crippen LogP contribution is -2.40. The van der Waals surface area contributed by atoms with Gasteiger partial charge in [-0.1, -0.05) is 11.3 Å². The van der Waals surface area contributed by atoms with Gasteiger partial charge in [0.05, 0.1) is 45.1 Å². The van der Waals surface area contributed by atoms with E-state index in [-0.39, 0.29) is 17.3 Å². The predicted octanol–water partition coefficient (Wildman–Crippen LogP) is 3.77. The second-order valence-electron chi connectivity index (χ2n) is 8.16. The smallest absolute Gasteiger partial charge is 0.260 e. The summed E-state index contributed by atoms with van der Waals surface area (Å²) in [6.45, 7) is 1.43. The zero-order valence-corrected chi connectivity index (χ0v) is 21.9. The number of furan rings is 1. The third-order valence-electron chi connectivity index (χ3n) is 5.98. The summed E-state index contributed by atoms with van der Waals surface area (Å²) in [7, 11) is -0.553. The number of benzene rings is 2. The average Bonchev–Trinajstić information content (AvgIpc) is 3.62. The lowest BCUT2D eigenvalue weighted by molar-refractivity contribution is 0.0730. The largest absolute Gasteiger partial charge is 0.495 e. The van der Waals surface area contributed by atoms with Gasteiger partial charge in [0.15, 0.2) is 5.13 Å². The van der Waals surface area contributed by atoms with Crippen LogP contribution >= 0.6 is 11.3 Å². The van der Waals surface area contributed by atoms with Gasteiger partial charge in [-0.3, -0.25) is 9.69 Å². The van der Waals surface area contributed by atoms with Crippen molar-refractivity contribution in [3.63, 3.8) is 0 Å². The third kappa shape index (κ3) is 4.92. The molecule has 2 aromatic heterocycles. The molecule has 4 aromatic rings. The Kier molecular flexibility index (Phi) is 7.15. The quantitative estimate of drug-likeness (QED) is 0.330. The maximum Gasteiger partial charge on any atom is 0.260 e. The molecule has 37 heavy (non-hydrogen) atoms. The Morgan fingerprint density at radius 3 is 2.41 bits per heavy atom. The molecule has 0 radical (unpaired) electrons. The highest BCUT2D eigenvalue weighted by Gasteiger charge is 2.28. The maximum absolute atomic E-state index is 13.7. The van der Waals surface area contributed by atoms with Crippen LogP contribution in [0.25, 0.3) is 10.2 Å². The van der Waals surface area contributed by atoms with Crippen molar-refractivity contribution in [2.75, 3.05) is 45.4 Å². The summed E-state index contributed by atoms with van der Waals surface area (Å²) < 4.78 is 49.8. The number of anilines is 1. The Balaban J connectivity index is 1.50. The first kappa shape index (κ1) is 25.2. The highest BCUT2D eigenvalue weighted by Crippen LogP contribution is 2.40. The van der Waals surface area contributed by atoms with Crippen LogP contribution < -0.4 is 14.4 Å². The van der Waals surface area contributed by atoms with Gasteiger partial charge in [0.1, 0.15) is 27.5 Å². The number of aromatic nitrogens is 1. The molecule has 3 heterocycles. The summed E-state index contributed by atoms with van der Waals surface area (Å²) in [6, 6.07) is 13.0. The number of sulfonamides is 1. The van der Waals surface area contributed by atoms with Crippen molar-refractivity contribution in [3.05, 3.63) is 66.1 Å². The molecule has 0 N–H and O–H groups in total. The SMILES string of the molecule is COc1ccc(OC)c2sc(N(Cc3ccco3)C(=O)c3ccc(S(=O)(=O)N4CCOCC4)cc3)nc12. The zero-order valence-electron chi connectivity index (χ0n) is 20.2. The van der Waals surface area contributed by atoms with Crippen LogP contribution in [0.15, 0.2) is 64.1 Å². The number of fused-ring (bicyclic) bond motifs is 1. The summed E-state index contributed by atoms with van der Waals surface area (Å²) in [5, 5.41) is 0.421. The number of ether oxygens (including phenoxy) is 3. The van der Waals surface area contributed by atoms with Crippen molar-refractivity contribution >= 4 is 42.6 Å². The van der Waals surface area contributed by atoms with Gasteiger partial charge in [0.25, 0.3) is 5.91 Å². The van der Waals surface area contributed by atoms with E-state index < -0.39 is 10.0 Å². The van der Waals surface area contributed by atoms with Crippen molar-refractivity contribution in [2.45, 2.75) is 11.4 Å². The van der Waals surface area contributed by atoms with Crippen molar-refractivity contribution in [3.8, 4) is 11.5 Å². The number of carbonyl (C=O) groups excluding carboxylic acids is 1. The highest BCUT2D eigenvalue weighted by atomic mass is 32.2. The molecule has 0 spiro atoms. The van der Waals surface area contributed by atoms with Gasteiger partial charge < -0.3 is 18.6 Å². The molecule has 1 fully saturated rings. The van der Waals surface area contributed by atoms with Crippen LogP contribution in [0.3, 0.4) is 0 Å². The molecule has 10 nitrogen and oxygen atoms in total. The van der Waals surface area contributed by atoms with Crippen LogP contribution in [0.2, 0.25) is 0 Å². The van der Waals surface area contributed by atoms with E-state index >= 15 is 0 Å². The van der Waals surface area contributed by atoms with Gasteiger partial charge in [-0.25, -0.2) is 13.4 Å². The number of methoxy groups -OCH3 is 2. The van der Waals surface area contributed by atoms with E-state index in [9.17, 15) is 13.2 Å². The minimum atomic E-state index is -3.68. The lowest BCUT2D eigenvalue weighted by atomic mass is 10.2. The van der Waals surface area contributed by atoms with E-state index in [4.69, 9.17) is 23.6 Å². The Morgan fingerprint density at radius 1 is 1.05 bits per heavy atom. The van der Waals surface area contributed by atoms with Crippen LogP contribution in [-0.2, 0) is 21.3 Å². The number of carbonyl (C=O) groups is 1. The second kappa shape index (κ2) is 10.5. The number of hydrogen-bond donors (Lipinski definition) is 0. The van der Waals surface area contributed by atoms with Crippen molar-refractivity contribution in [1.82, 2.24) is 9.29 Å². The Bertz CT molecular complexity index is 1450. The normalized spacial score (nSPS) is 14.5. The fourth-order valence-corrected chi connectivity index (χ4v) is 6.52. The Hall–Kier alpha value is -3.45. The number of morpholine rings is 1. The molecular formula is C25H25N3O7S2. The van der Waals surface area contributed by atoms with Crippen LogP contribution in [-0.4, -0.2) is 64.1 Å². The predicted molar refractivity (Wildman–Crippen MR) is 138 cm³/mol. The molecule has 0 atom stereocenters. The topological polar surface area (TPSA) is 111 Å². The molecule has 0 bridgehead atoms. The molecule has 1 aliphatic heterocycles. The van der Waals surface area contributed by atoms with Crippen LogP contribution in [0, 0.1) is 0 Å². The standard InChI is InChI=1S/C25H25N3O7S2/c1-32-20-9-10-21(33-2)23-22(20)26-25(36-23)28(16-18-4-3-13-35-18)24(29)17-5-7-19(8-6-17)37(30,31)27-11-14-34-15-12-27/h3-10,13H,11-12,14-16H2,1-2H3. The van der Waals surface area contributed by atoms with Gasteiger partial charge in [0, 0.05) is 18.7 Å². The third-order valence-corrected chi connectivity index (χ3v) is 8.98. The molecule has 1 amide bonds. The van der Waals surface area contributed by atoms with E-state index in [1.165, 1.54) is 51.1 Å². The van der Waals surface area contributed by atoms with Crippen LogP contribution in [0.5, 0.6) is 11.5 Å². The molecule has 0 saturated carbocycles. The van der Waals surface area contributed by atoms with Crippen molar-refractivity contribution in [2.24, 2.45) is 0 Å². The number of nitrogens with zero attached hydrogens (tertiary/aromatic N) is 3. The minimum absolute atomic E-state index is 0.123. The summed E-state index contributed by atoms with van der Waals surface area (Å²) in [6.07, 6.45) is 1.54. The molecule has 12 heteroatoms. The molecular weight excluding hydrogens is 518 g/mol. The average molecular weight is 544 g/mol. The molecule has 2 aromatic carbocycles. The minimum Gasteiger partial charge on any atom is -0.495 e. The van der Waals surface area contributed by atoms with E-state index in [0.29, 0.717) is 59.8 Å². The number of hydrogen-bond acceptors (Lipinski definition) is 9. The number of thiazole rings is 1. The van der Waals surface area contributed by atoms with Gasteiger partial charge in [-0.05, 0) is 48.5 Å². The zero-order chi connectivity index (χ0) is 26.0. The summed E-state index contributed by atoms with van der Waals surface area (Å²) >= 11 is 1.29. The number of rotatable bonds is 8. The monoisotopic (exact) mass is 543 g/mol. The van der Waals surface area contributed by atoms with Crippen LogP contribution in [0.4, 0.5) is 5.13 Å². The summed E-state index contributed by atoms with van der Waals surface area (Å²) in [4.78, 5) is 20.0. The molecule has 0 aliphatic carbocycles. The van der Waals surface area contributed by atoms with Gasteiger partial charge >= 0.3 is 0 Å². The summed E-state index contributed by atoms with van der Waals surface area (Å²) in [5.74, 6) is 1.38. The highest BCUT2D eigenvalue weighted by molar-refractivity contribution is 7.89.